The molecule has 0 atom stereocenters. The smallest absolute Gasteiger partial charge is 0.259 e. The van der Waals surface area contributed by atoms with Crippen LogP contribution in [0.15, 0.2) is 39.7 Å². The molecule has 1 aliphatic rings. The topological polar surface area (TPSA) is 87.3 Å². The Bertz CT molecular complexity index is 1150. The van der Waals surface area contributed by atoms with Crippen molar-refractivity contribution in [3.63, 3.8) is 0 Å². The van der Waals surface area contributed by atoms with Crippen molar-refractivity contribution in [3.8, 4) is 0 Å². The Labute approximate surface area is 176 Å². The minimum atomic E-state index is -0.235. The number of aromatic nitrogens is 2. The number of nitrogens with zero attached hydrogens (tertiary/aromatic N) is 2. The Morgan fingerprint density at radius 1 is 1.17 bits per heavy atom. The first kappa shape index (κ1) is 19.6. The highest BCUT2D eigenvalue weighted by Crippen LogP contribution is 2.26. The number of hydrogen-bond acceptors (Lipinski definition) is 5. The highest BCUT2D eigenvalue weighted by Gasteiger charge is 2.21. The molecule has 2 aromatic heterocycles. The third-order valence-corrected chi connectivity index (χ3v) is 5.44. The van der Waals surface area contributed by atoms with E-state index in [0.717, 1.165) is 26.5 Å². The van der Waals surface area contributed by atoms with Crippen molar-refractivity contribution in [1.82, 2.24) is 9.97 Å². The van der Waals surface area contributed by atoms with Crippen molar-refractivity contribution in [1.29, 1.82) is 0 Å². The van der Waals surface area contributed by atoms with Crippen LogP contribution in [0, 0.1) is 13.8 Å². The van der Waals surface area contributed by atoms with Gasteiger partial charge in [-0.1, -0.05) is 0 Å². The largest absolute Gasteiger partial charge is 0.378 e. The Kier molecular flexibility index (Phi) is 5.38. The first-order chi connectivity index (χ1) is 13.9. The zero-order valence-electron chi connectivity index (χ0n) is 16.2. The van der Waals surface area contributed by atoms with Gasteiger partial charge in [0.15, 0.2) is 0 Å². The van der Waals surface area contributed by atoms with Gasteiger partial charge in [0.05, 0.1) is 24.3 Å². The molecule has 3 aromatic rings. The number of ether oxygens (including phenoxy) is 1. The number of anilines is 2. The van der Waals surface area contributed by atoms with Gasteiger partial charge < -0.3 is 19.9 Å². The molecule has 150 valence electrons. The maximum Gasteiger partial charge on any atom is 0.259 e. The van der Waals surface area contributed by atoms with Gasteiger partial charge in [0.1, 0.15) is 5.82 Å². The Balaban J connectivity index is 1.70. The summed E-state index contributed by atoms with van der Waals surface area (Å²) in [6.07, 6.45) is 1.70. The average Bonchev–Trinajstić information content (AvgIpc) is 2.69. The van der Waals surface area contributed by atoms with Crippen LogP contribution >= 0.6 is 15.9 Å². The van der Waals surface area contributed by atoms with Crippen LogP contribution in [0.1, 0.15) is 21.5 Å². The maximum absolute atomic E-state index is 13.1. The molecule has 0 aliphatic carbocycles. The number of hydrogen-bond donors (Lipinski definition) is 2. The van der Waals surface area contributed by atoms with Gasteiger partial charge >= 0.3 is 0 Å². The fraction of sp³-hybridized carbons (Fsp3) is 0.286. The molecule has 7 nitrogen and oxygen atoms in total. The van der Waals surface area contributed by atoms with Crippen molar-refractivity contribution in [2.24, 2.45) is 0 Å². The van der Waals surface area contributed by atoms with Gasteiger partial charge in [0.2, 0.25) is 5.56 Å². The van der Waals surface area contributed by atoms with Gasteiger partial charge in [-0.25, -0.2) is 4.98 Å². The molecule has 2 N–H and O–H groups in total. The van der Waals surface area contributed by atoms with Crippen LogP contribution in [-0.4, -0.2) is 42.2 Å². The van der Waals surface area contributed by atoms with E-state index >= 15 is 0 Å². The Morgan fingerprint density at radius 2 is 1.93 bits per heavy atom. The normalized spacial score (nSPS) is 14.2. The van der Waals surface area contributed by atoms with E-state index in [1.807, 2.05) is 26.0 Å². The van der Waals surface area contributed by atoms with Crippen LogP contribution < -0.4 is 15.8 Å². The highest BCUT2D eigenvalue weighted by molar-refractivity contribution is 9.10. The number of halogens is 1. The summed E-state index contributed by atoms with van der Waals surface area (Å²) in [6.45, 7) is 6.40. The van der Waals surface area contributed by atoms with Crippen molar-refractivity contribution >= 4 is 44.2 Å². The number of rotatable bonds is 3. The molecule has 1 amide bonds. The monoisotopic (exact) mass is 456 g/mol. The van der Waals surface area contributed by atoms with Gasteiger partial charge in [-0.2, -0.15) is 0 Å². The molecule has 0 spiro atoms. The van der Waals surface area contributed by atoms with E-state index in [0.29, 0.717) is 43.4 Å². The van der Waals surface area contributed by atoms with E-state index in [1.165, 1.54) is 0 Å². The van der Waals surface area contributed by atoms with Gasteiger partial charge in [-0.05, 0) is 59.1 Å². The van der Waals surface area contributed by atoms with E-state index in [1.54, 1.807) is 18.3 Å². The average molecular weight is 457 g/mol. The molecule has 8 heteroatoms. The molecule has 4 rings (SSSR count). The number of carbonyl (C=O) groups excluding carboxylic acids is 1. The summed E-state index contributed by atoms with van der Waals surface area (Å²) in [4.78, 5) is 34.3. The van der Waals surface area contributed by atoms with E-state index in [-0.39, 0.29) is 11.5 Å². The number of amides is 1. The SMILES string of the molecule is Cc1cc(=O)[nH]c2c(C)cc(NC(=O)c3cc(Br)cnc3N3CCOCC3)cc12. The van der Waals surface area contributed by atoms with Gasteiger partial charge in [-0.15, -0.1) is 0 Å². The predicted octanol–water partition coefficient (Wildman–Crippen LogP) is 3.39. The summed E-state index contributed by atoms with van der Waals surface area (Å²) in [5.41, 5.74) is 3.57. The third kappa shape index (κ3) is 4.04. The van der Waals surface area contributed by atoms with Crippen LogP contribution in [0.4, 0.5) is 11.5 Å². The van der Waals surface area contributed by atoms with E-state index in [4.69, 9.17) is 4.74 Å². The number of aryl methyl sites for hydroxylation is 2. The molecule has 29 heavy (non-hydrogen) atoms. The number of H-pyrrole nitrogens is 1. The Morgan fingerprint density at radius 3 is 2.69 bits per heavy atom. The lowest BCUT2D eigenvalue weighted by molar-refractivity contribution is 0.102. The molecular formula is C21H21BrN4O3. The van der Waals surface area contributed by atoms with Crippen LogP contribution in [0.3, 0.4) is 0 Å². The molecule has 0 saturated carbocycles. The molecule has 1 fully saturated rings. The lowest BCUT2D eigenvalue weighted by Gasteiger charge is -2.29. The second-order valence-corrected chi connectivity index (χ2v) is 8.03. The minimum absolute atomic E-state index is 0.134. The van der Waals surface area contributed by atoms with E-state index < -0.39 is 0 Å². The van der Waals surface area contributed by atoms with Crippen molar-refractivity contribution < 1.29 is 9.53 Å². The molecule has 0 bridgehead atoms. The zero-order valence-corrected chi connectivity index (χ0v) is 17.8. The van der Waals surface area contributed by atoms with Gasteiger partial charge in [-0.3, -0.25) is 9.59 Å². The standard InChI is InChI=1S/C21H21BrN4O3/c1-12-8-18(27)25-19-13(2)7-15(10-16(12)19)24-21(28)17-9-14(22)11-23-20(17)26-3-5-29-6-4-26/h7-11H,3-6H2,1-2H3,(H,24,28)(H,25,27). The summed E-state index contributed by atoms with van der Waals surface area (Å²) in [7, 11) is 0. The van der Waals surface area contributed by atoms with E-state index in [9.17, 15) is 9.59 Å². The molecule has 0 radical (unpaired) electrons. The molecule has 1 aliphatic heterocycles. The number of morpholine rings is 1. The number of nitrogens with one attached hydrogen (secondary N) is 2. The quantitative estimate of drug-likeness (QED) is 0.630. The lowest BCUT2D eigenvalue weighted by Crippen LogP contribution is -2.38. The lowest BCUT2D eigenvalue weighted by atomic mass is 10.1. The van der Waals surface area contributed by atoms with Gasteiger partial charge in [0, 0.05) is 40.9 Å². The molecule has 3 heterocycles. The summed E-state index contributed by atoms with van der Waals surface area (Å²) >= 11 is 3.42. The van der Waals surface area contributed by atoms with E-state index in [2.05, 4.69) is 36.1 Å². The van der Waals surface area contributed by atoms with Crippen molar-refractivity contribution in [2.75, 3.05) is 36.5 Å². The molecule has 1 aromatic carbocycles. The number of pyridine rings is 2. The second kappa shape index (κ2) is 7.96. The Hall–Kier alpha value is -2.71. The second-order valence-electron chi connectivity index (χ2n) is 7.11. The number of fused-ring (bicyclic) bond motifs is 1. The molecule has 1 saturated heterocycles. The molecule has 0 unspecified atom stereocenters. The summed E-state index contributed by atoms with van der Waals surface area (Å²) in [6, 6.07) is 7.08. The highest BCUT2D eigenvalue weighted by atomic mass is 79.9. The first-order valence-electron chi connectivity index (χ1n) is 9.36. The van der Waals surface area contributed by atoms with Gasteiger partial charge in [0.25, 0.3) is 5.91 Å². The molecular weight excluding hydrogens is 436 g/mol. The van der Waals surface area contributed by atoms with Crippen LogP contribution in [0.25, 0.3) is 10.9 Å². The van der Waals surface area contributed by atoms with Crippen LogP contribution in [0.2, 0.25) is 0 Å². The van der Waals surface area contributed by atoms with Crippen LogP contribution in [0.5, 0.6) is 0 Å². The number of benzene rings is 1. The van der Waals surface area contributed by atoms with Crippen LogP contribution in [-0.2, 0) is 4.74 Å². The maximum atomic E-state index is 13.1. The van der Waals surface area contributed by atoms with Crippen molar-refractivity contribution in [3.05, 3.63) is 62.0 Å². The third-order valence-electron chi connectivity index (χ3n) is 5.00. The number of aromatic amines is 1. The minimum Gasteiger partial charge on any atom is -0.378 e. The first-order valence-corrected chi connectivity index (χ1v) is 10.2. The fourth-order valence-electron chi connectivity index (χ4n) is 3.59. The number of carbonyl (C=O) groups is 1. The summed E-state index contributed by atoms with van der Waals surface area (Å²) < 4.78 is 6.15. The van der Waals surface area contributed by atoms with Crippen molar-refractivity contribution in [2.45, 2.75) is 13.8 Å². The predicted molar refractivity (Wildman–Crippen MR) is 117 cm³/mol. The fourth-order valence-corrected chi connectivity index (χ4v) is 3.93. The summed E-state index contributed by atoms with van der Waals surface area (Å²) in [5.74, 6) is 0.410. The summed E-state index contributed by atoms with van der Waals surface area (Å²) in [5, 5.41) is 3.89. The zero-order chi connectivity index (χ0) is 20.5.